The number of rotatable bonds is 2. The van der Waals surface area contributed by atoms with Gasteiger partial charge in [0.25, 0.3) is 5.69 Å². The lowest BCUT2D eigenvalue weighted by molar-refractivity contribution is -0.384. The van der Waals surface area contributed by atoms with Crippen LogP contribution in [0.15, 0.2) is 36.4 Å². The van der Waals surface area contributed by atoms with Gasteiger partial charge in [0.2, 0.25) is 0 Å². The maximum Gasteiger partial charge on any atom is 0.295 e. The molecule has 0 N–H and O–H groups in total. The summed E-state index contributed by atoms with van der Waals surface area (Å²) in [6, 6.07) is 8.44. The summed E-state index contributed by atoms with van der Waals surface area (Å²) in [7, 11) is 0. The van der Waals surface area contributed by atoms with Crippen LogP contribution in [0.1, 0.15) is 5.69 Å². The van der Waals surface area contributed by atoms with Crippen molar-refractivity contribution in [2.24, 2.45) is 0 Å². The number of nitrogens with zero attached hydrogens (tertiary/aromatic N) is 2. The van der Waals surface area contributed by atoms with E-state index in [0.29, 0.717) is 11.3 Å². The third-order valence-electron chi connectivity index (χ3n) is 2.33. The highest BCUT2D eigenvalue weighted by Crippen LogP contribution is 2.27. The van der Waals surface area contributed by atoms with Gasteiger partial charge in [-0.25, -0.2) is 9.37 Å². The Kier molecular flexibility index (Phi) is 2.82. The van der Waals surface area contributed by atoms with Gasteiger partial charge in [0.05, 0.1) is 4.92 Å². The minimum atomic E-state index is -0.495. The number of aryl methyl sites for hydroxylation is 1. The van der Waals surface area contributed by atoms with Crippen molar-refractivity contribution in [3.05, 3.63) is 58.0 Å². The zero-order valence-corrected chi connectivity index (χ0v) is 9.05. The summed E-state index contributed by atoms with van der Waals surface area (Å²) >= 11 is 0. The lowest BCUT2D eigenvalue weighted by atomic mass is 10.1. The number of hydrogen-bond donors (Lipinski definition) is 0. The number of pyridine rings is 1. The zero-order chi connectivity index (χ0) is 12.4. The van der Waals surface area contributed by atoms with Crippen LogP contribution >= 0.6 is 0 Å². The highest BCUT2D eigenvalue weighted by Gasteiger charge is 2.16. The van der Waals surface area contributed by atoms with Gasteiger partial charge in [-0.1, -0.05) is 0 Å². The fourth-order valence-electron chi connectivity index (χ4n) is 1.52. The molecule has 0 spiro atoms. The fourth-order valence-corrected chi connectivity index (χ4v) is 1.52. The van der Waals surface area contributed by atoms with Gasteiger partial charge >= 0.3 is 0 Å². The number of halogens is 1. The monoisotopic (exact) mass is 232 g/mol. The van der Waals surface area contributed by atoms with Crippen LogP contribution in [0.3, 0.4) is 0 Å². The fraction of sp³-hybridized carbons (Fsp3) is 0.0833. The molecule has 0 unspecified atom stereocenters. The van der Waals surface area contributed by atoms with Crippen LogP contribution < -0.4 is 0 Å². The van der Waals surface area contributed by atoms with Crippen molar-refractivity contribution in [3.8, 4) is 11.3 Å². The Morgan fingerprint density at radius 1 is 1.18 bits per heavy atom. The Bertz CT molecular complexity index is 567. The summed E-state index contributed by atoms with van der Waals surface area (Å²) in [6.45, 7) is 1.75. The van der Waals surface area contributed by atoms with Crippen LogP contribution in [0.4, 0.5) is 10.1 Å². The topological polar surface area (TPSA) is 56.0 Å². The van der Waals surface area contributed by atoms with E-state index in [0.717, 1.165) is 0 Å². The van der Waals surface area contributed by atoms with E-state index in [2.05, 4.69) is 4.98 Å². The van der Waals surface area contributed by atoms with E-state index in [1.54, 1.807) is 13.0 Å². The van der Waals surface area contributed by atoms with E-state index in [1.165, 1.54) is 30.3 Å². The smallest absolute Gasteiger partial charge is 0.258 e. The zero-order valence-electron chi connectivity index (χ0n) is 9.05. The Morgan fingerprint density at radius 3 is 2.41 bits per heavy atom. The second kappa shape index (κ2) is 4.29. The van der Waals surface area contributed by atoms with E-state index < -0.39 is 4.92 Å². The predicted octanol–water partition coefficient (Wildman–Crippen LogP) is 3.10. The lowest BCUT2D eigenvalue weighted by Gasteiger charge is -2.03. The van der Waals surface area contributed by atoms with Crippen molar-refractivity contribution in [1.29, 1.82) is 0 Å². The van der Waals surface area contributed by atoms with Crippen LogP contribution in [-0.4, -0.2) is 9.91 Å². The van der Waals surface area contributed by atoms with Crippen molar-refractivity contribution < 1.29 is 9.31 Å². The van der Waals surface area contributed by atoms with E-state index in [1.807, 2.05) is 0 Å². The standard InChI is InChI=1S/C12H9FN2O2/c1-8-2-7-11(15(16)17)12(14-8)9-3-5-10(13)6-4-9/h2-7H,1H3. The van der Waals surface area contributed by atoms with Crippen molar-refractivity contribution in [2.45, 2.75) is 6.92 Å². The number of hydrogen-bond acceptors (Lipinski definition) is 3. The van der Waals surface area contributed by atoms with Gasteiger partial charge < -0.3 is 0 Å². The number of benzene rings is 1. The predicted molar refractivity (Wildman–Crippen MR) is 61.0 cm³/mol. The largest absolute Gasteiger partial charge is 0.295 e. The quantitative estimate of drug-likeness (QED) is 0.590. The molecule has 5 heteroatoms. The molecule has 86 valence electrons. The Labute approximate surface area is 96.9 Å². The summed E-state index contributed by atoms with van der Waals surface area (Å²) < 4.78 is 12.8. The van der Waals surface area contributed by atoms with Crippen molar-refractivity contribution in [3.63, 3.8) is 0 Å². The van der Waals surface area contributed by atoms with E-state index in [9.17, 15) is 14.5 Å². The molecule has 0 aliphatic carbocycles. The first-order valence-corrected chi connectivity index (χ1v) is 4.96. The third-order valence-corrected chi connectivity index (χ3v) is 2.33. The van der Waals surface area contributed by atoms with Crippen LogP contribution in [-0.2, 0) is 0 Å². The lowest BCUT2D eigenvalue weighted by Crippen LogP contribution is -1.96. The van der Waals surface area contributed by atoms with Crippen molar-refractivity contribution in [1.82, 2.24) is 4.98 Å². The minimum absolute atomic E-state index is 0.0813. The SMILES string of the molecule is Cc1ccc([N+](=O)[O-])c(-c2ccc(F)cc2)n1. The molecule has 4 nitrogen and oxygen atoms in total. The molecule has 1 aromatic heterocycles. The van der Waals surface area contributed by atoms with Crippen molar-refractivity contribution >= 4 is 5.69 Å². The van der Waals surface area contributed by atoms with Crippen LogP contribution in [0.25, 0.3) is 11.3 Å². The molecule has 1 heterocycles. The van der Waals surface area contributed by atoms with Crippen molar-refractivity contribution in [2.75, 3.05) is 0 Å². The van der Waals surface area contributed by atoms with Gasteiger partial charge in [-0.2, -0.15) is 0 Å². The highest BCUT2D eigenvalue weighted by molar-refractivity contribution is 5.69. The Morgan fingerprint density at radius 2 is 1.82 bits per heavy atom. The molecule has 0 saturated carbocycles. The van der Waals surface area contributed by atoms with Crippen LogP contribution in [0.5, 0.6) is 0 Å². The van der Waals surface area contributed by atoms with Crippen LogP contribution in [0.2, 0.25) is 0 Å². The summed E-state index contributed by atoms with van der Waals surface area (Å²) in [5.41, 5.74) is 1.38. The molecule has 0 bridgehead atoms. The molecule has 0 radical (unpaired) electrons. The molecule has 0 saturated heterocycles. The molecular formula is C12H9FN2O2. The molecule has 2 aromatic rings. The first-order valence-electron chi connectivity index (χ1n) is 4.96. The first kappa shape index (κ1) is 11.2. The molecule has 2 rings (SSSR count). The molecule has 0 aliphatic rings. The summed E-state index contributed by atoms with van der Waals surface area (Å²) in [6.07, 6.45) is 0. The maximum absolute atomic E-state index is 12.8. The number of nitro groups is 1. The van der Waals surface area contributed by atoms with Gasteiger partial charge in [-0.05, 0) is 37.3 Å². The summed E-state index contributed by atoms with van der Waals surface area (Å²) in [5.74, 6) is -0.385. The number of aromatic nitrogens is 1. The summed E-state index contributed by atoms with van der Waals surface area (Å²) in [4.78, 5) is 14.5. The third kappa shape index (κ3) is 2.28. The average Bonchev–Trinajstić information content (AvgIpc) is 2.29. The minimum Gasteiger partial charge on any atom is -0.258 e. The van der Waals surface area contributed by atoms with Gasteiger partial charge in [0, 0.05) is 17.3 Å². The Balaban J connectivity index is 2.60. The highest BCUT2D eigenvalue weighted by atomic mass is 19.1. The van der Waals surface area contributed by atoms with Crippen LogP contribution in [0, 0.1) is 22.9 Å². The van der Waals surface area contributed by atoms with Gasteiger partial charge in [-0.15, -0.1) is 0 Å². The first-order chi connectivity index (χ1) is 8.08. The molecule has 17 heavy (non-hydrogen) atoms. The molecular weight excluding hydrogens is 223 g/mol. The Hall–Kier alpha value is -2.30. The second-order valence-electron chi connectivity index (χ2n) is 3.58. The maximum atomic E-state index is 12.8. The van der Waals surface area contributed by atoms with Gasteiger partial charge in [0.1, 0.15) is 11.5 Å². The van der Waals surface area contributed by atoms with E-state index >= 15 is 0 Å². The molecule has 1 aromatic carbocycles. The average molecular weight is 232 g/mol. The summed E-state index contributed by atoms with van der Waals surface area (Å²) in [5, 5.41) is 10.9. The molecule has 0 atom stereocenters. The molecule has 0 aliphatic heterocycles. The van der Waals surface area contributed by atoms with Gasteiger partial charge in [0.15, 0.2) is 0 Å². The van der Waals surface area contributed by atoms with E-state index in [-0.39, 0.29) is 17.2 Å². The molecule has 0 amide bonds. The second-order valence-corrected chi connectivity index (χ2v) is 3.58. The van der Waals surface area contributed by atoms with E-state index in [4.69, 9.17) is 0 Å². The van der Waals surface area contributed by atoms with Gasteiger partial charge in [-0.3, -0.25) is 10.1 Å². The molecule has 0 fully saturated rings. The normalized spacial score (nSPS) is 10.2.